The highest BCUT2D eigenvalue weighted by molar-refractivity contribution is 6.31. The number of carbonyl (C=O) groups is 2. The monoisotopic (exact) mass is 485 g/mol. The Bertz CT molecular complexity index is 1190. The largest absolute Gasteiger partial charge is 0.496 e. The fourth-order valence-corrected chi connectivity index (χ4v) is 3.43. The Morgan fingerprint density at radius 1 is 1.06 bits per heavy atom. The van der Waals surface area contributed by atoms with Crippen molar-refractivity contribution in [2.75, 3.05) is 13.7 Å². The maximum Gasteiger partial charge on any atom is 0.347 e. The van der Waals surface area contributed by atoms with Gasteiger partial charge in [-0.25, -0.2) is 9.18 Å². The van der Waals surface area contributed by atoms with Gasteiger partial charge >= 0.3 is 5.97 Å². The van der Waals surface area contributed by atoms with Crippen molar-refractivity contribution in [3.8, 4) is 22.6 Å². The van der Waals surface area contributed by atoms with E-state index >= 15 is 0 Å². The lowest BCUT2D eigenvalue weighted by Crippen LogP contribution is -2.37. The second-order valence-corrected chi connectivity index (χ2v) is 8.54. The highest BCUT2D eigenvalue weighted by atomic mass is 35.5. The van der Waals surface area contributed by atoms with Crippen molar-refractivity contribution < 1.29 is 28.6 Å². The van der Waals surface area contributed by atoms with Crippen LogP contribution in [0.5, 0.6) is 11.5 Å². The lowest BCUT2D eigenvalue weighted by atomic mass is 10.0. The number of hydrogen-bond acceptors (Lipinski definition) is 4. The number of aliphatic carboxylic acids is 1. The molecule has 0 radical (unpaired) electrons. The average Bonchev–Trinajstić information content (AvgIpc) is 2.79. The van der Waals surface area contributed by atoms with Crippen LogP contribution in [0, 0.1) is 5.82 Å². The molecule has 0 aliphatic heterocycles. The first-order valence-electron chi connectivity index (χ1n) is 10.5. The lowest BCUT2D eigenvalue weighted by molar-refractivity contribution is -0.152. The first-order valence-corrected chi connectivity index (χ1v) is 10.9. The minimum atomic E-state index is -1.47. The van der Waals surface area contributed by atoms with Gasteiger partial charge in [-0.3, -0.25) is 4.79 Å². The van der Waals surface area contributed by atoms with Crippen molar-refractivity contribution >= 4 is 23.5 Å². The molecule has 3 aromatic rings. The molecule has 3 rings (SSSR count). The number of amides is 1. The molecule has 0 fully saturated rings. The molecule has 2 N–H and O–H groups in total. The second kappa shape index (κ2) is 10.6. The van der Waals surface area contributed by atoms with Crippen LogP contribution in [0.4, 0.5) is 4.39 Å². The first-order chi connectivity index (χ1) is 16.1. The number of benzene rings is 3. The van der Waals surface area contributed by atoms with Crippen molar-refractivity contribution in [1.82, 2.24) is 5.32 Å². The number of carboxylic acids is 1. The zero-order valence-corrected chi connectivity index (χ0v) is 19.8. The van der Waals surface area contributed by atoms with Crippen LogP contribution >= 0.6 is 11.6 Å². The molecular weight excluding hydrogens is 461 g/mol. The van der Waals surface area contributed by atoms with E-state index in [1.165, 1.54) is 33.1 Å². The number of carbonyl (C=O) groups excluding carboxylic acids is 1. The van der Waals surface area contributed by atoms with Crippen molar-refractivity contribution in [2.24, 2.45) is 0 Å². The molecule has 0 bridgehead atoms. The summed E-state index contributed by atoms with van der Waals surface area (Å²) in [6.45, 7) is 3.19. The summed E-state index contributed by atoms with van der Waals surface area (Å²) < 4.78 is 25.3. The topological polar surface area (TPSA) is 84.9 Å². The Kier molecular flexibility index (Phi) is 7.79. The van der Waals surface area contributed by atoms with Gasteiger partial charge in [0.1, 0.15) is 17.3 Å². The summed E-state index contributed by atoms with van der Waals surface area (Å²) in [4.78, 5) is 23.7. The van der Waals surface area contributed by atoms with Gasteiger partial charge in [-0.15, -0.1) is 0 Å². The fourth-order valence-electron chi connectivity index (χ4n) is 3.26. The lowest BCUT2D eigenvalue weighted by Gasteiger charge is -2.21. The number of methoxy groups -OCH3 is 1. The summed E-state index contributed by atoms with van der Waals surface area (Å²) in [6, 6.07) is 16.4. The molecule has 8 heteroatoms. The molecule has 178 valence electrons. The van der Waals surface area contributed by atoms with Crippen molar-refractivity contribution in [3.63, 3.8) is 0 Å². The van der Waals surface area contributed by atoms with E-state index in [-0.39, 0.29) is 11.7 Å². The number of carboxylic acid groups (broad SMARTS) is 1. The van der Waals surface area contributed by atoms with E-state index in [4.69, 9.17) is 26.2 Å². The van der Waals surface area contributed by atoms with Gasteiger partial charge in [0.05, 0.1) is 12.7 Å². The van der Waals surface area contributed by atoms with E-state index in [9.17, 15) is 14.0 Å². The fraction of sp³-hybridized carbons (Fsp3) is 0.231. The molecule has 1 amide bonds. The van der Waals surface area contributed by atoms with Gasteiger partial charge in [-0.05, 0) is 61.7 Å². The summed E-state index contributed by atoms with van der Waals surface area (Å²) in [5, 5.41) is 12.4. The minimum Gasteiger partial charge on any atom is -0.496 e. The maximum absolute atomic E-state index is 14.7. The van der Waals surface area contributed by atoms with E-state index in [0.717, 1.165) is 5.56 Å². The minimum absolute atomic E-state index is 0.136. The van der Waals surface area contributed by atoms with Gasteiger partial charge < -0.3 is 19.9 Å². The van der Waals surface area contributed by atoms with Gasteiger partial charge in [0.2, 0.25) is 0 Å². The molecule has 0 unspecified atom stereocenters. The standard InChI is InChI=1S/C26H25ClFNO5/c1-26(2,25(31)32)34-19-9-10-20(22(28)15-19)17-6-4-16(5-7-17)12-13-29-24(30)21-14-18(27)8-11-23(21)33-3/h4-11,14-15H,12-13H2,1-3H3,(H,29,30)(H,31,32). The number of rotatable bonds is 9. The van der Waals surface area contributed by atoms with Gasteiger partial charge in [0.25, 0.3) is 5.91 Å². The summed E-state index contributed by atoms with van der Waals surface area (Å²) in [5.74, 6) is -1.37. The van der Waals surface area contributed by atoms with E-state index < -0.39 is 17.4 Å². The van der Waals surface area contributed by atoms with E-state index in [2.05, 4.69) is 5.32 Å². The number of hydrogen-bond donors (Lipinski definition) is 2. The van der Waals surface area contributed by atoms with Gasteiger partial charge in [-0.2, -0.15) is 0 Å². The third kappa shape index (κ3) is 6.05. The molecule has 6 nitrogen and oxygen atoms in total. The van der Waals surface area contributed by atoms with Crippen molar-refractivity contribution in [3.05, 3.63) is 82.6 Å². The zero-order valence-electron chi connectivity index (χ0n) is 19.0. The molecule has 0 heterocycles. The average molecular weight is 486 g/mol. The molecule has 0 aliphatic carbocycles. The number of nitrogens with one attached hydrogen (secondary N) is 1. The van der Waals surface area contributed by atoms with Crippen LogP contribution in [0.2, 0.25) is 5.02 Å². The number of ether oxygens (including phenoxy) is 2. The summed E-state index contributed by atoms with van der Waals surface area (Å²) in [7, 11) is 1.49. The van der Waals surface area contributed by atoms with Crippen molar-refractivity contribution in [1.29, 1.82) is 0 Å². The van der Waals surface area contributed by atoms with Crippen LogP contribution in [0.3, 0.4) is 0 Å². The van der Waals surface area contributed by atoms with Crippen LogP contribution in [0.15, 0.2) is 60.7 Å². The first kappa shape index (κ1) is 25.1. The highest BCUT2D eigenvalue weighted by Crippen LogP contribution is 2.28. The Morgan fingerprint density at radius 3 is 2.38 bits per heavy atom. The Labute approximate surface area is 202 Å². The predicted octanol–water partition coefficient (Wildman–Crippen LogP) is 5.37. The third-order valence-electron chi connectivity index (χ3n) is 5.20. The van der Waals surface area contributed by atoms with E-state index in [1.54, 1.807) is 36.4 Å². The number of halogens is 2. The molecule has 0 saturated carbocycles. The quantitative estimate of drug-likeness (QED) is 0.425. The zero-order chi connectivity index (χ0) is 24.9. The summed E-state index contributed by atoms with van der Waals surface area (Å²) >= 11 is 5.98. The third-order valence-corrected chi connectivity index (χ3v) is 5.43. The molecule has 0 aliphatic rings. The van der Waals surface area contributed by atoms with Crippen LogP contribution in [-0.2, 0) is 11.2 Å². The Balaban J connectivity index is 1.62. The smallest absolute Gasteiger partial charge is 0.347 e. The van der Waals surface area contributed by atoms with Gasteiger partial charge in [0.15, 0.2) is 5.60 Å². The summed E-state index contributed by atoms with van der Waals surface area (Å²) in [6.07, 6.45) is 0.578. The van der Waals surface area contributed by atoms with E-state index in [0.29, 0.717) is 40.4 Å². The molecular formula is C26H25ClFNO5. The second-order valence-electron chi connectivity index (χ2n) is 8.11. The molecule has 0 aromatic heterocycles. The molecule has 3 aromatic carbocycles. The van der Waals surface area contributed by atoms with E-state index in [1.807, 2.05) is 12.1 Å². The molecule has 34 heavy (non-hydrogen) atoms. The Hall–Kier alpha value is -3.58. The summed E-state index contributed by atoms with van der Waals surface area (Å²) in [5.41, 5.74) is 0.889. The predicted molar refractivity (Wildman–Crippen MR) is 128 cm³/mol. The molecule has 0 saturated heterocycles. The molecule has 0 atom stereocenters. The maximum atomic E-state index is 14.7. The van der Waals surface area contributed by atoms with Gasteiger partial charge in [-0.1, -0.05) is 35.9 Å². The SMILES string of the molecule is COc1ccc(Cl)cc1C(=O)NCCc1ccc(-c2ccc(OC(C)(C)C(=O)O)cc2F)cc1. The normalized spacial score (nSPS) is 11.1. The van der Waals surface area contributed by atoms with Crippen molar-refractivity contribution in [2.45, 2.75) is 25.9 Å². The van der Waals surface area contributed by atoms with Crippen LogP contribution in [0.1, 0.15) is 29.8 Å². The van der Waals surface area contributed by atoms with Crippen LogP contribution in [0.25, 0.3) is 11.1 Å². The highest BCUT2D eigenvalue weighted by Gasteiger charge is 2.29. The van der Waals surface area contributed by atoms with Crippen LogP contribution in [-0.4, -0.2) is 36.2 Å². The molecule has 0 spiro atoms. The van der Waals surface area contributed by atoms with Crippen LogP contribution < -0.4 is 14.8 Å². The van der Waals surface area contributed by atoms with Gasteiger partial charge in [0, 0.05) is 23.2 Å². The Morgan fingerprint density at radius 2 is 1.76 bits per heavy atom.